The zero-order chi connectivity index (χ0) is 22.0. The molecule has 0 aromatic heterocycles. The molecule has 0 amide bonds. The third-order valence-electron chi connectivity index (χ3n) is 6.35. The van der Waals surface area contributed by atoms with E-state index in [1.165, 1.54) is 34.7 Å². The standard InChI is InChI=1S/C23H29N3O4S/c1-16-6-5-7-18(14-16)21-15-20(24-25-21)17-10-12-26(13-11-17)31(28,29)22-9-4-3-8-19(22)23(27)30-2/h3-9,14,17,20-21,24-25H,10-13,15H2,1-2H3. The molecule has 2 fully saturated rings. The highest BCUT2D eigenvalue weighted by Crippen LogP contribution is 2.33. The van der Waals surface area contributed by atoms with Crippen LogP contribution in [0.4, 0.5) is 0 Å². The molecule has 2 aliphatic rings. The van der Waals surface area contributed by atoms with Gasteiger partial charge in [-0.2, -0.15) is 4.31 Å². The van der Waals surface area contributed by atoms with Gasteiger partial charge in [-0.3, -0.25) is 10.9 Å². The molecule has 31 heavy (non-hydrogen) atoms. The Kier molecular flexibility index (Phi) is 6.43. The van der Waals surface area contributed by atoms with E-state index in [2.05, 4.69) is 42.0 Å². The number of benzene rings is 2. The minimum Gasteiger partial charge on any atom is -0.465 e. The van der Waals surface area contributed by atoms with Crippen molar-refractivity contribution in [2.45, 2.75) is 43.2 Å². The molecule has 2 atom stereocenters. The van der Waals surface area contributed by atoms with E-state index in [1.54, 1.807) is 12.1 Å². The lowest BCUT2D eigenvalue weighted by molar-refractivity contribution is 0.0596. The van der Waals surface area contributed by atoms with E-state index in [0.29, 0.717) is 25.0 Å². The zero-order valence-corrected chi connectivity index (χ0v) is 18.7. The van der Waals surface area contributed by atoms with Crippen LogP contribution in [-0.2, 0) is 14.8 Å². The summed E-state index contributed by atoms with van der Waals surface area (Å²) in [5.74, 6) is -0.248. The molecule has 2 N–H and O–H groups in total. The summed E-state index contributed by atoms with van der Waals surface area (Å²) in [5, 5.41) is 0. The van der Waals surface area contributed by atoms with Gasteiger partial charge in [0.2, 0.25) is 10.0 Å². The van der Waals surface area contributed by atoms with E-state index >= 15 is 0 Å². The number of carbonyl (C=O) groups excluding carboxylic acids is 1. The zero-order valence-electron chi connectivity index (χ0n) is 17.9. The van der Waals surface area contributed by atoms with E-state index in [9.17, 15) is 13.2 Å². The lowest BCUT2D eigenvalue weighted by atomic mass is 9.87. The van der Waals surface area contributed by atoms with E-state index < -0.39 is 16.0 Å². The first-order valence-corrected chi connectivity index (χ1v) is 12.1. The highest BCUT2D eigenvalue weighted by Gasteiger charge is 2.37. The fraction of sp³-hybridized carbons (Fsp3) is 0.435. The van der Waals surface area contributed by atoms with Crippen molar-refractivity contribution in [1.29, 1.82) is 0 Å². The summed E-state index contributed by atoms with van der Waals surface area (Å²) in [6, 6.07) is 15.3. The van der Waals surface area contributed by atoms with Crippen molar-refractivity contribution in [2.24, 2.45) is 5.92 Å². The maximum Gasteiger partial charge on any atom is 0.339 e. The number of carbonyl (C=O) groups is 1. The Morgan fingerprint density at radius 3 is 2.52 bits per heavy atom. The number of hydrazine groups is 1. The summed E-state index contributed by atoms with van der Waals surface area (Å²) in [6.45, 7) is 2.98. The van der Waals surface area contributed by atoms with Crippen molar-refractivity contribution in [2.75, 3.05) is 20.2 Å². The third-order valence-corrected chi connectivity index (χ3v) is 8.31. The highest BCUT2D eigenvalue weighted by atomic mass is 32.2. The Labute approximate surface area is 183 Å². The summed E-state index contributed by atoms with van der Waals surface area (Å²) >= 11 is 0. The van der Waals surface area contributed by atoms with Crippen LogP contribution in [-0.4, -0.2) is 44.9 Å². The van der Waals surface area contributed by atoms with Crippen LogP contribution in [0.25, 0.3) is 0 Å². The molecule has 2 saturated heterocycles. The van der Waals surface area contributed by atoms with Gasteiger partial charge in [0.15, 0.2) is 0 Å². The maximum atomic E-state index is 13.2. The van der Waals surface area contributed by atoms with E-state index in [1.807, 2.05) is 0 Å². The van der Waals surface area contributed by atoms with Gasteiger partial charge in [-0.15, -0.1) is 0 Å². The highest BCUT2D eigenvalue weighted by molar-refractivity contribution is 7.89. The molecule has 2 aromatic rings. The van der Waals surface area contributed by atoms with Gasteiger partial charge in [-0.25, -0.2) is 13.2 Å². The van der Waals surface area contributed by atoms with Crippen molar-refractivity contribution >= 4 is 16.0 Å². The van der Waals surface area contributed by atoms with Gasteiger partial charge in [0.05, 0.1) is 17.6 Å². The number of piperidine rings is 1. The number of hydrogen-bond acceptors (Lipinski definition) is 6. The molecule has 2 unspecified atom stereocenters. The number of nitrogens with one attached hydrogen (secondary N) is 2. The summed E-state index contributed by atoms with van der Waals surface area (Å²) < 4.78 is 32.7. The molecule has 0 spiro atoms. The molecule has 0 radical (unpaired) electrons. The molecule has 2 aromatic carbocycles. The molecule has 166 valence electrons. The molecule has 2 heterocycles. The minimum atomic E-state index is -3.76. The van der Waals surface area contributed by atoms with Crippen molar-refractivity contribution in [3.05, 3.63) is 65.2 Å². The number of nitrogens with zero attached hydrogens (tertiary/aromatic N) is 1. The Morgan fingerprint density at radius 2 is 1.81 bits per heavy atom. The van der Waals surface area contributed by atoms with Crippen LogP contribution in [0.5, 0.6) is 0 Å². The molecule has 0 saturated carbocycles. The lowest BCUT2D eigenvalue weighted by Gasteiger charge is -2.34. The summed E-state index contributed by atoms with van der Waals surface area (Å²) in [5.41, 5.74) is 9.44. The number of aryl methyl sites for hydroxylation is 1. The van der Waals surface area contributed by atoms with E-state index in [4.69, 9.17) is 4.74 Å². The number of methoxy groups -OCH3 is 1. The normalized spacial score (nSPS) is 23.0. The van der Waals surface area contributed by atoms with Crippen LogP contribution >= 0.6 is 0 Å². The van der Waals surface area contributed by atoms with Crippen LogP contribution < -0.4 is 10.9 Å². The lowest BCUT2D eigenvalue weighted by Crippen LogP contribution is -2.44. The first-order valence-electron chi connectivity index (χ1n) is 10.7. The van der Waals surface area contributed by atoms with Gasteiger partial charge in [0.1, 0.15) is 0 Å². The predicted molar refractivity (Wildman–Crippen MR) is 118 cm³/mol. The van der Waals surface area contributed by atoms with Gasteiger partial charge >= 0.3 is 5.97 Å². The molecular formula is C23H29N3O4S. The van der Waals surface area contributed by atoms with Crippen molar-refractivity contribution in [3.63, 3.8) is 0 Å². The third kappa shape index (κ3) is 4.52. The summed E-state index contributed by atoms with van der Waals surface area (Å²) in [6.07, 6.45) is 2.53. The number of sulfonamides is 1. The fourth-order valence-corrected chi connectivity index (χ4v) is 6.27. The van der Waals surface area contributed by atoms with Crippen LogP contribution in [0.15, 0.2) is 53.4 Å². The SMILES string of the molecule is COC(=O)c1ccccc1S(=O)(=O)N1CCC(C2CC(c3cccc(C)c3)NN2)CC1. The van der Waals surface area contributed by atoms with E-state index in [0.717, 1.165) is 19.3 Å². The second kappa shape index (κ2) is 9.08. The van der Waals surface area contributed by atoms with Gasteiger partial charge < -0.3 is 4.74 Å². The van der Waals surface area contributed by atoms with Gasteiger partial charge in [0, 0.05) is 25.2 Å². The van der Waals surface area contributed by atoms with Crippen LogP contribution in [0.2, 0.25) is 0 Å². The average Bonchev–Trinajstić information content (AvgIpc) is 3.29. The number of rotatable bonds is 5. The van der Waals surface area contributed by atoms with Crippen molar-refractivity contribution in [1.82, 2.24) is 15.2 Å². The molecule has 7 nitrogen and oxygen atoms in total. The first kappa shape index (κ1) is 22.0. The van der Waals surface area contributed by atoms with Gasteiger partial charge in [-0.1, -0.05) is 42.0 Å². The largest absolute Gasteiger partial charge is 0.465 e. The second-order valence-electron chi connectivity index (χ2n) is 8.33. The van der Waals surface area contributed by atoms with Crippen LogP contribution in [0.1, 0.15) is 46.8 Å². The average molecular weight is 444 g/mol. The topological polar surface area (TPSA) is 87.7 Å². The first-order chi connectivity index (χ1) is 14.9. The Morgan fingerprint density at radius 1 is 1.06 bits per heavy atom. The molecule has 0 aliphatic carbocycles. The minimum absolute atomic E-state index is 0.0143. The van der Waals surface area contributed by atoms with Crippen molar-refractivity contribution < 1.29 is 17.9 Å². The summed E-state index contributed by atoms with van der Waals surface area (Å²) in [4.78, 5) is 12.1. The molecule has 4 rings (SSSR count). The van der Waals surface area contributed by atoms with Crippen LogP contribution in [0.3, 0.4) is 0 Å². The summed E-state index contributed by atoms with van der Waals surface area (Å²) in [7, 11) is -2.50. The fourth-order valence-electron chi connectivity index (χ4n) is 4.62. The molecule has 2 aliphatic heterocycles. The smallest absolute Gasteiger partial charge is 0.339 e. The second-order valence-corrected chi connectivity index (χ2v) is 10.2. The monoisotopic (exact) mass is 443 g/mol. The van der Waals surface area contributed by atoms with Gasteiger partial charge in [0.25, 0.3) is 0 Å². The van der Waals surface area contributed by atoms with Crippen molar-refractivity contribution in [3.8, 4) is 0 Å². The Bertz CT molecular complexity index is 1050. The predicted octanol–water partition coefficient (Wildman–Crippen LogP) is 2.79. The molecule has 0 bridgehead atoms. The molecule has 8 heteroatoms. The quantitative estimate of drug-likeness (QED) is 0.691. The Hall–Kier alpha value is -2.26. The maximum absolute atomic E-state index is 13.2. The van der Waals surface area contributed by atoms with E-state index in [-0.39, 0.29) is 16.5 Å². The van der Waals surface area contributed by atoms with Crippen LogP contribution in [0, 0.1) is 12.8 Å². The van der Waals surface area contributed by atoms with Gasteiger partial charge in [-0.05, 0) is 49.8 Å². The Balaban J connectivity index is 1.41. The number of hydrogen-bond donors (Lipinski definition) is 2. The number of esters is 1. The molecular weight excluding hydrogens is 414 g/mol. The number of ether oxygens (including phenoxy) is 1.